The molecule has 5 nitrogen and oxygen atoms in total. The van der Waals surface area contributed by atoms with Gasteiger partial charge in [-0.05, 0) is 30.0 Å². The molecule has 0 spiro atoms. The first-order valence-electron chi connectivity index (χ1n) is 9.12. The molecule has 0 unspecified atom stereocenters. The zero-order chi connectivity index (χ0) is 20.7. The summed E-state index contributed by atoms with van der Waals surface area (Å²) < 4.78 is 24.5. The van der Waals surface area contributed by atoms with Gasteiger partial charge < -0.3 is 14.8 Å². The lowest BCUT2D eigenvalue weighted by Gasteiger charge is -2.30. The highest BCUT2D eigenvalue weighted by molar-refractivity contribution is 5.85. The minimum Gasteiger partial charge on any atom is -0.467 e. The zero-order valence-electron chi connectivity index (χ0n) is 16.6. The smallest absolute Gasteiger partial charge is 0.408 e. The SMILES string of the molecule is COC(=O)[C@](C)(Cc1ccccc1F)NC(=O)O[C@@H](c1ccccc1)C(C)C. The molecule has 0 aromatic heterocycles. The maximum atomic E-state index is 14.1. The second-order valence-corrected chi connectivity index (χ2v) is 7.20. The van der Waals surface area contributed by atoms with Crippen molar-refractivity contribution in [2.45, 2.75) is 38.8 Å². The Labute approximate surface area is 164 Å². The van der Waals surface area contributed by atoms with Gasteiger partial charge in [-0.2, -0.15) is 0 Å². The molecule has 6 heteroatoms. The summed E-state index contributed by atoms with van der Waals surface area (Å²) in [6.07, 6.45) is -1.33. The summed E-state index contributed by atoms with van der Waals surface area (Å²) in [7, 11) is 1.22. The fourth-order valence-electron chi connectivity index (χ4n) is 3.02. The van der Waals surface area contributed by atoms with Crippen LogP contribution in [-0.2, 0) is 20.7 Å². The summed E-state index contributed by atoms with van der Waals surface area (Å²) in [5.41, 5.74) is -0.340. The van der Waals surface area contributed by atoms with Crippen molar-refractivity contribution in [3.8, 4) is 0 Å². The van der Waals surface area contributed by atoms with Gasteiger partial charge in [-0.1, -0.05) is 62.4 Å². The van der Waals surface area contributed by atoms with Crippen LogP contribution in [0, 0.1) is 11.7 Å². The van der Waals surface area contributed by atoms with E-state index < -0.39 is 29.5 Å². The van der Waals surface area contributed by atoms with Crippen LogP contribution in [0.2, 0.25) is 0 Å². The van der Waals surface area contributed by atoms with Crippen LogP contribution in [0.4, 0.5) is 9.18 Å². The van der Waals surface area contributed by atoms with Gasteiger partial charge in [0.05, 0.1) is 7.11 Å². The van der Waals surface area contributed by atoms with Crippen LogP contribution in [0.3, 0.4) is 0 Å². The quantitative estimate of drug-likeness (QED) is 0.714. The molecular formula is C22H26FNO4. The van der Waals surface area contributed by atoms with Gasteiger partial charge in [-0.3, -0.25) is 0 Å². The predicted molar refractivity (Wildman–Crippen MR) is 104 cm³/mol. The van der Waals surface area contributed by atoms with E-state index in [1.807, 2.05) is 44.2 Å². The number of ether oxygens (including phenoxy) is 2. The largest absolute Gasteiger partial charge is 0.467 e. The fourth-order valence-corrected chi connectivity index (χ4v) is 3.02. The van der Waals surface area contributed by atoms with E-state index in [2.05, 4.69) is 5.32 Å². The van der Waals surface area contributed by atoms with Crippen LogP contribution in [0.1, 0.15) is 38.0 Å². The Morgan fingerprint density at radius 3 is 2.25 bits per heavy atom. The molecule has 2 rings (SSSR count). The third-order valence-corrected chi connectivity index (χ3v) is 4.48. The third kappa shape index (κ3) is 5.31. The van der Waals surface area contributed by atoms with E-state index in [1.165, 1.54) is 20.1 Å². The van der Waals surface area contributed by atoms with Gasteiger partial charge in [0.25, 0.3) is 0 Å². The van der Waals surface area contributed by atoms with Crippen LogP contribution in [-0.4, -0.2) is 24.7 Å². The maximum absolute atomic E-state index is 14.1. The first kappa shape index (κ1) is 21.4. The van der Waals surface area contributed by atoms with Gasteiger partial charge >= 0.3 is 12.1 Å². The number of alkyl carbamates (subject to hydrolysis) is 1. The molecule has 0 aliphatic rings. The van der Waals surface area contributed by atoms with E-state index in [-0.39, 0.29) is 12.3 Å². The van der Waals surface area contributed by atoms with Gasteiger partial charge in [0.15, 0.2) is 0 Å². The number of amides is 1. The van der Waals surface area contributed by atoms with Gasteiger partial charge in [0.1, 0.15) is 17.5 Å². The maximum Gasteiger partial charge on any atom is 0.408 e. The Morgan fingerprint density at radius 1 is 1.07 bits per heavy atom. The molecule has 0 bridgehead atoms. The second kappa shape index (κ2) is 9.35. The molecule has 2 aromatic rings. The Morgan fingerprint density at radius 2 is 1.68 bits per heavy atom. The monoisotopic (exact) mass is 387 g/mol. The third-order valence-electron chi connectivity index (χ3n) is 4.48. The molecule has 0 fully saturated rings. The second-order valence-electron chi connectivity index (χ2n) is 7.20. The Bertz CT molecular complexity index is 809. The number of halogens is 1. The average Bonchev–Trinajstić information content (AvgIpc) is 2.67. The summed E-state index contributed by atoms with van der Waals surface area (Å²) in [4.78, 5) is 25.0. The topological polar surface area (TPSA) is 64.6 Å². The first-order valence-corrected chi connectivity index (χ1v) is 9.12. The molecule has 0 radical (unpaired) electrons. The predicted octanol–water partition coefficient (Wildman–Crippen LogP) is 4.42. The number of hydrogen-bond acceptors (Lipinski definition) is 4. The number of methoxy groups -OCH3 is 1. The molecule has 2 aromatic carbocycles. The molecule has 0 heterocycles. The van der Waals surface area contributed by atoms with E-state index >= 15 is 0 Å². The Hall–Kier alpha value is -2.89. The minimum atomic E-state index is -1.48. The molecule has 2 atom stereocenters. The molecule has 0 saturated heterocycles. The standard InChI is InChI=1S/C22H26FNO4/c1-15(2)19(16-10-6-5-7-11-16)28-21(26)24-22(3,20(25)27-4)14-17-12-8-9-13-18(17)23/h5-13,15,19H,14H2,1-4H3,(H,24,26)/t19-,22+/m1/s1. The van der Waals surface area contributed by atoms with Crippen molar-refractivity contribution in [3.63, 3.8) is 0 Å². The van der Waals surface area contributed by atoms with Gasteiger partial charge in [-0.15, -0.1) is 0 Å². The fraction of sp³-hybridized carbons (Fsp3) is 0.364. The highest BCUT2D eigenvalue weighted by Crippen LogP contribution is 2.26. The highest BCUT2D eigenvalue weighted by Gasteiger charge is 2.38. The van der Waals surface area contributed by atoms with Crippen LogP contribution in [0.25, 0.3) is 0 Å². The number of benzene rings is 2. The van der Waals surface area contributed by atoms with Crippen molar-refractivity contribution in [1.82, 2.24) is 5.32 Å². The molecule has 1 N–H and O–H groups in total. The Balaban J connectivity index is 2.20. The van der Waals surface area contributed by atoms with E-state index in [1.54, 1.807) is 18.2 Å². The molecule has 1 amide bonds. The lowest BCUT2D eigenvalue weighted by Crippen LogP contribution is -2.54. The molecule has 28 heavy (non-hydrogen) atoms. The molecule has 0 aliphatic heterocycles. The van der Waals surface area contributed by atoms with Crippen molar-refractivity contribution in [3.05, 3.63) is 71.5 Å². The number of esters is 1. The van der Waals surface area contributed by atoms with E-state index in [0.717, 1.165) is 5.56 Å². The molecular weight excluding hydrogens is 361 g/mol. The number of carbonyl (C=O) groups is 2. The van der Waals surface area contributed by atoms with E-state index in [0.29, 0.717) is 5.56 Å². The Kier molecular flexibility index (Phi) is 7.15. The summed E-state index contributed by atoms with van der Waals surface area (Å²) in [6, 6.07) is 15.4. The van der Waals surface area contributed by atoms with Gasteiger partial charge in [0.2, 0.25) is 0 Å². The van der Waals surface area contributed by atoms with Crippen LogP contribution in [0.5, 0.6) is 0 Å². The highest BCUT2D eigenvalue weighted by atomic mass is 19.1. The first-order chi connectivity index (χ1) is 13.3. The summed E-state index contributed by atoms with van der Waals surface area (Å²) in [6.45, 7) is 5.35. The van der Waals surface area contributed by atoms with E-state index in [9.17, 15) is 14.0 Å². The molecule has 0 saturated carbocycles. The van der Waals surface area contributed by atoms with Crippen LogP contribution >= 0.6 is 0 Å². The number of nitrogens with one attached hydrogen (secondary N) is 1. The zero-order valence-corrected chi connectivity index (χ0v) is 16.6. The van der Waals surface area contributed by atoms with Crippen LogP contribution in [0.15, 0.2) is 54.6 Å². The van der Waals surface area contributed by atoms with E-state index in [4.69, 9.17) is 9.47 Å². The number of hydrogen-bond donors (Lipinski definition) is 1. The van der Waals surface area contributed by atoms with Crippen molar-refractivity contribution in [2.24, 2.45) is 5.92 Å². The summed E-state index contributed by atoms with van der Waals surface area (Å²) in [5.74, 6) is -1.13. The van der Waals surface area contributed by atoms with Crippen molar-refractivity contribution >= 4 is 12.1 Å². The molecule has 0 aliphatic carbocycles. The molecule has 150 valence electrons. The summed E-state index contributed by atoms with van der Waals surface area (Å²) >= 11 is 0. The van der Waals surface area contributed by atoms with Crippen LogP contribution < -0.4 is 5.32 Å². The van der Waals surface area contributed by atoms with Gasteiger partial charge in [-0.25, -0.2) is 14.0 Å². The lowest BCUT2D eigenvalue weighted by molar-refractivity contribution is -0.147. The minimum absolute atomic E-state index is 0.0177. The number of carbonyl (C=O) groups excluding carboxylic acids is 2. The average molecular weight is 387 g/mol. The number of rotatable bonds is 7. The van der Waals surface area contributed by atoms with Crippen molar-refractivity contribution in [2.75, 3.05) is 7.11 Å². The van der Waals surface area contributed by atoms with Crippen molar-refractivity contribution < 1.29 is 23.5 Å². The van der Waals surface area contributed by atoms with Gasteiger partial charge in [0, 0.05) is 6.42 Å². The normalized spacial score (nSPS) is 14.1. The van der Waals surface area contributed by atoms with Crippen molar-refractivity contribution in [1.29, 1.82) is 0 Å². The lowest BCUT2D eigenvalue weighted by atomic mass is 9.92. The summed E-state index contributed by atoms with van der Waals surface area (Å²) in [5, 5.41) is 2.57.